The smallest absolute Gasteiger partial charge is 0.256 e. The lowest BCUT2D eigenvalue weighted by Crippen LogP contribution is -2.28. The van der Waals surface area contributed by atoms with Gasteiger partial charge in [-0.15, -0.1) is 0 Å². The molecule has 0 unspecified atom stereocenters. The average Bonchev–Trinajstić information content (AvgIpc) is 2.38. The van der Waals surface area contributed by atoms with E-state index in [1.54, 1.807) is 0 Å². The summed E-state index contributed by atoms with van der Waals surface area (Å²) >= 11 is 0. The summed E-state index contributed by atoms with van der Waals surface area (Å²) in [5.41, 5.74) is 3.66. The number of benzene rings is 1. The maximum atomic E-state index is 12.2. The van der Waals surface area contributed by atoms with E-state index in [9.17, 15) is 4.79 Å². The van der Waals surface area contributed by atoms with Crippen molar-refractivity contribution in [2.45, 2.75) is 26.7 Å². The first-order valence-corrected chi connectivity index (χ1v) is 6.49. The predicted octanol–water partition coefficient (Wildman–Crippen LogP) is 2.31. The fraction of sp³-hybridized carbons (Fsp3) is 0.267. The first-order chi connectivity index (χ1) is 9.52. The molecule has 0 aliphatic heterocycles. The summed E-state index contributed by atoms with van der Waals surface area (Å²) in [6, 6.07) is 7.95. The van der Waals surface area contributed by atoms with Gasteiger partial charge in [0.2, 0.25) is 5.62 Å². The molecule has 5 nitrogen and oxygen atoms in total. The van der Waals surface area contributed by atoms with Crippen LogP contribution in [-0.4, -0.2) is 16.3 Å². The second kappa shape index (κ2) is 5.69. The Hall–Kier alpha value is -2.43. The van der Waals surface area contributed by atoms with Crippen molar-refractivity contribution in [3.63, 3.8) is 0 Å². The number of H-pyrrole nitrogens is 2. The van der Waals surface area contributed by atoms with Crippen LogP contribution in [0.3, 0.4) is 0 Å². The molecule has 0 spiro atoms. The van der Waals surface area contributed by atoms with Crippen LogP contribution in [0.2, 0.25) is 0 Å². The lowest BCUT2D eigenvalue weighted by atomic mass is 9.98. The Morgan fingerprint density at radius 3 is 2.40 bits per heavy atom. The van der Waals surface area contributed by atoms with E-state index in [-0.39, 0.29) is 17.1 Å². The van der Waals surface area contributed by atoms with Crippen molar-refractivity contribution in [3.8, 4) is 11.3 Å². The van der Waals surface area contributed by atoms with E-state index in [1.807, 2.05) is 45.0 Å². The third-order valence-corrected chi connectivity index (χ3v) is 3.10. The molecule has 0 radical (unpaired) electrons. The molecule has 20 heavy (non-hydrogen) atoms. The molecule has 0 saturated carbocycles. The van der Waals surface area contributed by atoms with Crippen LogP contribution in [0.1, 0.15) is 30.9 Å². The number of nitrogens with one attached hydrogen (secondary N) is 3. The normalized spacial score (nSPS) is 11.9. The lowest BCUT2D eigenvalue weighted by molar-refractivity contribution is 0.819. The summed E-state index contributed by atoms with van der Waals surface area (Å²) in [6.07, 6.45) is 0.899. The predicted molar refractivity (Wildman–Crippen MR) is 80.0 cm³/mol. The van der Waals surface area contributed by atoms with Crippen molar-refractivity contribution in [1.82, 2.24) is 9.97 Å². The van der Waals surface area contributed by atoms with Crippen molar-refractivity contribution < 1.29 is 0 Å². The monoisotopic (exact) mass is 270 g/mol. The van der Waals surface area contributed by atoms with Gasteiger partial charge in [-0.3, -0.25) is 15.2 Å². The van der Waals surface area contributed by atoms with Gasteiger partial charge in [-0.1, -0.05) is 43.7 Å². The first-order valence-electron chi connectivity index (χ1n) is 6.49. The van der Waals surface area contributed by atoms with E-state index in [0.717, 1.165) is 23.2 Å². The summed E-state index contributed by atoms with van der Waals surface area (Å²) in [7, 11) is 0. The highest BCUT2D eigenvalue weighted by Crippen LogP contribution is 2.23. The summed E-state index contributed by atoms with van der Waals surface area (Å²) in [5, 5.41) is 7.02. The molecule has 0 saturated heterocycles. The molecule has 104 valence electrons. The zero-order valence-corrected chi connectivity index (χ0v) is 11.8. The molecular formula is C15H18N4O. The Kier molecular flexibility index (Phi) is 3.98. The molecule has 2 aromatic rings. The summed E-state index contributed by atoms with van der Waals surface area (Å²) in [4.78, 5) is 21.8. The van der Waals surface area contributed by atoms with E-state index in [1.165, 1.54) is 0 Å². The third kappa shape index (κ3) is 2.77. The molecule has 0 fully saturated rings. The molecular weight excluding hydrogens is 252 g/mol. The van der Waals surface area contributed by atoms with Gasteiger partial charge in [0.1, 0.15) is 6.34 Å². The number of aromatic nitrogens is 2. The van der Waals surface area contributed by atoms with Crippen molar-refractivity contribution in [2.24, 2.45) is 4.99 Å². The van der Waals surface area contributed by atoms with Crippen LogP contribution in [0.5, 0.6) is 0 Å². The number of hydrogen-bond donors (Lipinski definition) is 3. The Morgan fingerprint density at radius 1 is 1.20 bits per heavy atom. The molecule has 3 N–H and O–H groups in total. The molecule has 1 aromatic carbocycles. The Morgan fingerprint density at radius 2 is 1.85 bits per heavy atom. The van der Waals surface area contributed by atoms with Crippen molar-refractivity contribution in [1.29, 1.82) is 5.41 Å². The molecule has 2 rings (SSSR count). The Labute approximate surface area is 116 Å². The van der Waals surface area contributed by atoms with E-state index in [0.29, 0.717) is 5.56 Å². The van der Waals surface area contributed by atoms with Crippen LogP contribution in [-0.2, 0) is 0 Å². The van der Waals surface area contributed by atoms with Crippen LogP contribution < -0.4 is 11.2 Å². The van der Waals surface area contributed by atoms with E-state index < -0.39 is 0 Å². The molecule has 1 heterocycles. The largest absolute Gasteiger partial charge is 0.325 e. The van der Waals surface area contributed by atoms with Crippen LogP contribution in [0.15, 0.2) is 34.1 Å². The zero-order chi connectivity index (χ0) is 14.7. The van der Waals surface area contributed by atoms with Gasteiger partial charge >= 0.3 is 0 Å². The highest BCUT2D eigenvalue weighted by molar-refractivity contribution is 5.63. The highest BCUT2D eigenvalue weighted by Gasteiger charge is 2.13. The number of hydrogen-bond acceptors (Lipinski definition) is 2. The summed E-state index contributed by atoms with van der Waals surface area (Å²) in [5.74, 6) is 0.0836. The molecule has 0 aliphatic carbocycles. The maximum absolute atomic E-state index is 12.2. The maximum Gasteiger partial charge on any atom is 0.256 e. The van der Waals surface area contributed by atoms with Crippen molar-refractivity contribution >= 4 is 6.34 Å². The molecule has 5 heteroatoms. The van der Waals surface area contributed by atoms with Gasteiger partial charge in [0.25, 0.3) is 5.56 Å². The van der Waals surface area contributed by atoms with E-state index in [4.69, 9.17) is 5.41 Å². The minimum atomic E-state index is -0.171. The van der Waals surface area contributed by atoms with Crippen LogP contribution in [0, 0.1) is 12.3 Å². The first kappa shape index (κ1) is 14.0. The second-order valence-corrected chi connectivity index (χ2v) is 5.00. The van der Waals surface area contributed by atoms with Gasteiger partial charge < -0.3 is 4.98 Å². The number of nitrogens with zero attached hydrogens (tertiary/aromatic N) is 1. The minimum Gasteiger partial charge on any atom is -0.325 e. The number of aromatic amines is 2. The summed E-state index contributed by atoms with van der Waals surface area (Å²) < 4.78 is 0. The summed E-state index contributed by atoms with van der Waals surface area (Å²) in [6.45, 7) is 5.97. The Balaban J connectivity index is 2.77. The van der Waals surface area contributed by atoms with Crippen LogP contribution in [0.25, 0.3) is 11.3 Å². The molecule has 0 amide bonds. The van der Waals surface area contributed by atoms with Gasteiger partial charge in [0, 0.05) is 5.56 Å². The average molecular weight is 270 g/mol. The van der Waals surface area contributed by atoms with Gasteiger partial charge in [0.05, 0.1) is 5.69 Å². The van der Waals surface area contributed by atoms with Crippen molar-refractivity contribution in [2.75, 3.05) is 0 Å². The van der Waals surface area contributed by atoms with Gasteiger partial charge in [0.15, 0.2) is 0 Å². The second-order valence-electron chi connectivity index (χ2n) is 5.00. The van der Waals surface area contributed by atoms with Gasteiger partial charge in [-0.05, 0) is 18.4 Å². The SMILES string of the molecule is Cc1ccc(-c2[nH]/c(=N/C=N)[nH]c(=O)c2C(C)C)cc1. The molecule has 0 aliphatic rings. The van der Waals surface area contributed by atoms with Crippen molar-refractivity contribution in [3.05, 3.63) is 51.4 Å². The topological polar surface area (TPSA) is 84.9 Å². The quantitative estimate of drug-likeness (QED) is 0.580. The minimum absolute atomic E-state index is 0.0836. The third-order valence-electron chi connectivity index (χ3n) is 3.10. The van der Waals surface area contributed by atoms with E-state index in [2.05, 4.69) is 15.0 Å². The molecule has 0 bridgehead atoms. The number of aryl methyl sites for hydroxylation is 1. The fourth-order valence-electron chi connectivity index (χ4n) is 2.13. The van der Waals surface area contributed by atoms with Crippen LogP contribution >= 0.6 is 0 Å². The Bertz CT molecular complexity index is 736. The van der Waals surface area contributed by atoms with Gasteiger partial charge in [-0.25, -0.2) is 4.99 Å². The standard InChI is InChI=1S/C15H18N4O/c1-9(2)12-13(11-6-4-10(3)5-7-11)18-15(17-8-16)19-14(12)20/h4-9H,1-3H3,(H3,16,17,18,19,20). The molecule has 0 atom stereocenters. The van der Waals surface area contributed by atoms with Crippen LogP contribution in [0.4, 0.5) is 0 Å². The molecule has 1 aromatic heterocycles. The zero-order valence-electron chi connectivity index (χ0n) is 11.8. The fourth-order valence-corrected chi connectivity index (χ4v) is 2.13. The number of rotatable bonds is 3. The highest BCUT2D eigenvalue weighted by atomic mass is 16.1. The van der Waals surface area contributed by atoms with E-state index >= 15 is 0 Å². The lowest BCUT2D eigenvalue weighted by Gasteiger charge is -2.12. The van der Waals surface area contributed by atoms with Gasteiger partial charge in [-0.2, -0.15) is 0 Å².